The third-order valence-electron chi connectivity index (χ3n) is 6.68. The zero-order chi connectivity index (χ0) is 23.1. The molecule has 1 aliphatic heterocycles. The fourth-order valence-electron chi connectivity index (χ4n) is 4.99. The summed E-state index contributed by atoms with van der Waals surface area (Å²) in [5.41, 5.74) is 0. The van der Waals surface area contributed by atoms with Crippen LogP contribution in [0.4, 0.5) is 4.39 Å². The molecule has 1 saturated heterocycles. The quantitative estimate of drug-likeness (QED) is 0.411. The SMILES string of the molecule is CCCC(CC[C@H]1CC[C@@H]2[C@@H](/C=C/[C@@H](O)COc3cccc(F)c3)[C@H](O)C[C@@H]2S1)C(=O)O. The molecule has 7 atom stereocenters. The molecule has 178 valence electrons. The van der Waals surface area contributed by atoms with Gasteiger partial charge in [0.15, 0.2) is 0 Å². The Labute approximate surface area is 194 Å². The largest absolute Gasteiger partial charge is 0.490 e. The van der Waals surface area contributed by atoms with Gasteiger partial charge in [0.05, 0.1) is 12.0 Å². The first-order valence-corrected chi connectivity index (χ1v) is 12.6. The number of carboxylic acids is 1. The summed E-state index contributed by atoms with van der Waals surface area (Å²) in [5, 5.41) is 31.1. The van der Waals surface area contributed by atoms with Crippen molar-refractivity contribution in [3.8, 4) is 5.75 Å². The molecule has 5 nitrogen and oxygen atoms in total. The third-order valence-corrected chi connectivity index (χ3v) is 8.42. The van der Waals surface area contributed by atoms with Gasteiger partial charge in [0.2, 0.25) is 0 Å². The fraction of sp³-hybridized carbons (Fsp3) is 0.640. The smallest absolute Gasteiger partial charge is 0.306 e. The highest BCUT2D eigenvalue weighted by molar-refractivity contribution is 8.00. The van der Waals surface area contributed by atoms with Crippen molar-refractivity contribution in [2.75, 3.05) is 6.61 Å². The topological polar surface area (TPSA) is 87.0 Å². The molecular weight excluding hydrogens is 431 g/mol. The average molecular weight is 467 g/mol. The number of fused-ring (bicyclic) bond motifs is 1. The summed E-state index contributed by atoms with van der Waals surface area (Å²) in [7, 11) is 0. The van der Waals surface area contributed by atoms with E-state index in [1.807, 2.05) is 24.8 Å². The van der Waals surface area contributed by atoms with Crippen molar-refractivity contribution < 1.29 is 29.2 Å². The number of rotatable bonds is 11. The van der Waals surface area contributed by atoms with Gasteiger partial charge in [0.1, 0.15) is 24.3 Å². The van der Waals surface area contributed by atoms with Crippen LogP contribution in [0.5, 0.6) is 5.75 Å². The van der Waals surface area contributed by atoms with Crippen LogP contribution in [0.2, 0.25) is 0 Å². The van der Waals surface area contributed by atoms with Crippen molar-refractivity contribution in [3.05, 3.63) is 42.2 Å². The zero-order valence-corrected chi connectivity index (χ0v) is 19.4. The molecule has 1 aliphatic carbocycles. The first-order valence-electron chi connectivity index (χ1n) is 11.7. The summed E-state index contributed by atoms with van der Waals surface area (Å²) in [6.07, 6.45) is 8.35. The van der Waals surface area contributed by atoms with Crippen molar-refractivity contribution >= 4 is 17.7 Å². The van der Waals surface area contributed by atoms with Crippen molar-refractivity contribution in [1.29, 1.82) is 0 Å². The fourth-order valence-corrected chi connectivity index (χ4v) is 6.86. The summed E-state index contributed by atoms with van der Waals surface area (Å²) >= 11 is 1.91. The monoisotopic (exact) mass is 466 g/mol. The van der Waals surface area contributed by atoms with Crippen LogP contribution in [0, 0.1) is 23.6 Å². The highest BCUT2D eigenvalue weighted by Crippen LogP contribution is 2.50. The van der Waals surface area contributed by atoms with Gasteiger partial charge in [-0.2, -0.15) is 11.8 Å². The van der Waals surface area contributed by atoms with Crippen LogP contribution in [0.1, 0.15) is 51.9 Å². The van der Waals surface area contributed by atoms with E-state index in [1.54, 1.807) is 18.2 Å². The van der Waals surface area contributed by atoms with E-state index in [0.717, 1.165) is 44.9 Å². The van der Waals surface area contributed by atoms with Gasteiger partial charge in [0.25, 0.3) is 0 Å². The van der Waals surface area contributed by atoms with Gasteiger partial charge in [-0.15, -0.1) is 0 Å². The molecule has 0 spiro atoms. The van der Waals surface area contributed by atoms with Crippen LogP contribution in [-0.4, -0.2) is 50.6 Å². The molecule has 0 radical (unpaired) electrons. The van der Waals surface area contributed by atoms with Gasteiger partial charge in [-0.3, -0.25) is 4.79 Å². The lowest BCUT2D eigenvalue weighted by Crippen LogP contribution is -2.27. The molecule has 2 aliphatic rings. The molecule has 3 rings (SSSR count). The highest BCUT2D eigenvalue weighted by atomic mass is 32.2. The normalized spacial score (nSPS) is 29.6. The van der Waals surface area contributed by atoms with Crippen LogP contribution in [0.3, 0.4) is 0 Å². The second kappa shape index (κ2) is 12.1. The number of aliphatic hydroxyl groups excluding tert-OH is 2. The van der Waals surface area contributed by atoms with Crippen LogP contribution >= 0.6 is 11.8 Å². The van der Waals surface area contributed by atoms with Crippen LogP contribution in [0.15, 0.2) is 36.4 Å². The summed E-state index contributed by atoms with van der Waals surface area (Å²) < 4.78 is 18.7. The summed E-state index contributed by atoms with van der Waals surface area (Å²) in [6.45, 7) is 2.05. The van der Waals surface area contributed by atoms with Gasteiger partial charge in [-0.25, -0.2) is 4.39 Å². The molecule has 3 N–H and O–H groups in total. The Bertz CT molecular complexity index is 772. The van der Waals surface area contributed by atoms with Gasteiger partial charge in [-0.05, 0) is 56.6 Å². The molecule has 0 bridgehead atoms. The van der Waals surface area contributed by atoms with Crippen LogP contribution < -0.4 is 4.74 Å². The Kier molecular flexibility index (Phi) is 9.44. The lowest BCUT2D eigenvalue weighted by atomic mass is 9.87. The molecule has 0 aromatic heterocycles. The number of carboxylic acid groups (broad SMARTS) is 1. The van der Waals surface area contributed by atoms with E-state index < -0.39 is 18.2 Å². The average Bonchev–Trinajstić information content (AvgIpc) is 3.07. The van der Waals surface area contributed by atoms with E-state index in [-0.39, 0.29) is 24.3 Å². The lowest BCUT2D eigenvalue weighted by Gasteiger charge is -2.33. The number of aliphatic carboxylic acids is 1. The van der Waals surface area contributed by atoms with Gasteiger partial charge >= 0.3 is 5.97 Å². The number of thioether (sulfide) groups is 1. The van der Waals surface area contributed by atoms with Crippen LogP contribution in [-0.2, 0) is 4.79 Å². The van der Waals surface area contributed by atoms with Crippen molar-refractivity contribution in [3.63, 3.8) is 0 Å². The molecule has 1 unspecified atom stereocenters. The second-order valence-corrected chi connectivity index (χ2v) is 10.6. The minimum Gasteiger partial charge on any atom is -0.490 e. The van der Waals surface area contributed by atoms with Crippen molar-refractivity contribution in [2.45, 2.75) is 74.6 Å². The van der Waals surface area contributed by atoms with E-state index in [2.05, 4.69) is 0 Å². The number of benzene rings is 1. The van der Waals surface area contributed by atoms with E-state index in [4.69, 9.17) is 4.74 Å². The molecule has 0 amide bonds. The van der Waals surface area contributed by atoms with Gasteiger partial charge in [-0.1, -0.05) is 31.6 Å². The number of halogens is 1. The number of hydrogen-bond acceptors (Lipinski definition) is 5. The van der Waals surface area contributed by atoms with E-state index in [0.29, 0.717) is 22.2 Å². The van der Waals surface area contributed by atoms with E-state index in [9.17, 15) is 24.5 Å². The van der Waals surface area contributed by atoms with Crippen LogP contribution in [0.25, 0.3) is 0 Å². The molecule has 32 heavy (non-hydrogen) atoms. The summed E-state index contributed by atoms with van der Waals surface area (Å²) in [6, 6.07) is 5.81. The van der Waals surface area contributed by atoms with Gasteiger partial charge < -0.3 is 20.1 Å². The molecule has 1 aromatic rings. The predicted octanol–water partition coefficient (Wildman–Crippen LogP) is 4.66. The number of hydrogen-bond donors (Lipinski definition) is 3. The second-order valence-electron chi connectivity index (χ2n) is 9.04. The highest BCUT2D eigenvalue weighted by Gasteiger charge is 2.44. The standard InChI is InChI=1S/C25H35FO5S/c1-2-4-16(25(29)30)7-9-20-10-12-22-21(23(28)14-24(22)32-20)11-8-18(27)15-31-19-6-3-5-17(26)13-19/h3,5-6,8,11,13,16,18,20-24,27-28H,2,4,7,9-10,12,14-15H2,1H3,(H,29,30)/b11-8+/t16?,18-,20+,21-,22-,23-,24+/m1/s1. The van der Waals surface area contributed by atoms with Gasteiger partial charge in [0, 0.05) is 22.5 Å². The number of aliphatic hydroxyl groups is 2. The third kappa shape index (κ3) is 6.96. The summed E-state index contributed by atoms with van der Waals surface area (Å²) in [5.74, 6) is -0.582. The Hall–Kier alpha value is -1.57. The van der Waals surface area contributed by atoms with E-state index >= 15 is 0 Å². The first-order chi connectivity index (χ1) is 15.4. The Balaban J connectivity index is 1.47. The molecule has 1 heterocycles. The van der Waals surface area contributed by atoms with Crippen molar-refractivity contribution in [1.82, 2.24) is 0 Å². The Morgan fingerprint density at radius 3 is 2.88 bits per heavy atom. The first kappa shape index (κ1) is 25.1. The number of carbonyl (C=O) groups is 1. The Morgan fingerprint density at radius 1 is 1.34 bits per heavy atom. The molecule has 1 saturated carbocycles. The maximum absolute atomic E-state index is 13.2. The van der Waals surface area contributed by atoms with E-state index in [1.165, 1.54) is 12.1 Å². The molecule has 1 aromatic carbocycles. The summed E-state index contributed by atoms with van der Waals surface area (Å²) in [4.78, 5) is 11.4. The maximum Gasteiger partial charge on any atom is 0.306 e. The van der Waals surface area contributed by atoms with Crippen molar-refractivity contribution in [2.24, 2.45) is 17.8 Å². The minimum atomic E-state index is -0.833. The Morgan fingerprint density at radius 2 is 2.16 bits per heavy atom. The predicted molar refractivity (Wildman–Crippen MR) is 124 cm³/mol. The molecule has 7 heteroatoms. The zero-order valence-electron chi connectivity index (χ0n) is 18.6. The lowest BCUT2D eigenvalue weighted by molar-refractivity contribution is -0.142. The number of ether oxygens (including phenoxy) is 1. The molecule has 2 fully saturated rings. The molecular formula is C25H35FO5S. The maximum atomic E-state index is 13.2. The minimum absolute atomic E-state index is 0.00382.